The minimum absolute atomic E-state index is 0.306. The van der Waals surface area contributed by atoms with E-state index in [4.69, 9.17) is 0 Å². The SMILES string of the molecule is C[C@H](C(=O)N1CCN=C1c1ccccc1)N1C(=O)c2ccccc2C1=O. The predicted molar refractivity (Wildman–Crippen MR) is 96.0 cm³/mol. The molecule has 0 fully saturated rings. The van der Waals surface area contributed by atoms with Gasteiger partial charge in [0.1, 0.15) is 11.9 Å². The average Bonchev–Trinajstić information content (AvgIpc) is 3.26. The van der Waals surface area contributed by atoms with E-state index in [2.05, 4.69) is 4.99 Å². The van der Waals surface area contributed by atoms with Crippen LogP contribution in [-0.2, 0) is 4.79 Å². The molecule has 3 amide bonds. The first-order valence-electron chi connectivity index (χ1n) is 8.48. The molecule has 0 saturated carbocycles. The van der Waals surface area contributed by atoms with Crippen LogP contribution in [0.2, 0.25) is 0 Å². The normalized spacial score (nSPS) is 17.3. The van der Waals surface area contributed by atoms with E-state index in [0.717, 1.165) is 10.5 Å². The number of hydrogen-bond donors (Lipinski definition) is 0. The lowest BCUT2D eigenvalue weighted by Crippen LogP contribution is -2.50. The Morgan fingerprint density at radius 3 is 2.15 bits per heavy atom. The first-order valence-corrected chi connectivity index (χ1v) is 8.48. The van der Waals surface area contributed by atoms with Crippen molar-refractivity contribution < 1.29 is 14.4 Å². The monoisotopic (exact) mass is 347 g/mol. The first-order chi connectivity index (χ1) is 12.6. The van der Waals surface area contributed by atoms with Gasteiger partial charge in [-0.25, -0.2) is 0 Å². The van der Waals surface area contributed by atoms with Crippen molar-refractivity contribution in [1.29, 1.82) is 0 Å². The molecule has 26 heavy (non-hydrogen) atoms. The summed E-state index contributed by atoms with van der Waals surface area (Å²) >= 11 is 0. The molecule has 0 bridgehead atoms. The molecule has 0 spiro atoms. The van der Waals surface area contributed by atoms with E-state index < -0.39 is 17.9 Å². The number of hydrogen-bond acceptors (Lipinski definition) is 4. The number of nitrogens with zero attached hydrogens (tertiary/aromatic N) is 3. The number of carbonyl (C=O) groups excluding carboxylic acids is 3. The molecule has 2 aromatic carbocycles. The van der Waals surface area contributed by atoms with Crippen LogP contribution < -0.4 is 0 Å². The molecule has 2 heterocycles. The quantitative estimate of drug-likeness (QED) is 0.797. The van der Waals surface area contributed by atoms with Crippen LogP contribution in [0.5, 0.6) is 0 Å². The van der Waals surface area contributed by atoms with Gasteiger partial charge in [-0.2, -0.15) is 0 Å². The molecule has 0 radical (unpaired) electrons. The molecule has 130 valence electrons. The largest absolute Gasteiger partial charge is 0.293 e. The number of carbonyl (C=O) groups is 3. The number of fused-ring (bicyclic) bond motifs is 1. The predicted octanol–water partition coefficient (Wildman–Crippen LogP) is 1.96. The van der Waals surface area contributed by atoms with Gasteiger partial charge in [0.05, 0.1) is 17.7 Å². The van der Waals surface area contributed by atoms with E-state index in [1.807, 2.05) is 30.3 Å². The molecule has 0 aliphatic carbocycles. The fourth-order valence-electron chi connectivity index (χ4n) is 3.39. The summed E-state index contributed by atoms with van der Waals surface area (Å²) in [6.45, 7) is 2.53. The molecule has 4 rings (SSSR count). The zero-order valence-corrected chi connectivity index (χ0v) is 14.3. The summed E-state index contributed by atoms with van der Waals surface area (Å²) in [6.07, 6.45) is 0. The van der Waals surface area contributed by atoms with Crippen LogP contribution in [0.15, 0.2) is 59.6 Å². The van der Waals surface area contributed by atoms with Gasteiger partial charge in [0.2, 0.25) is 0 Å². The van der Waals surface area contributed by atoms with Gasteiger partial charge in [-0.3, -0.25) is 29.2 Å². The number of amidine groups is 1. The number of amides is 3. The van der Waals surface area contributed by atoms with E-state index in [9.17, 15) is 14.4 Å². The third-order valence-electron chi connectivity index (χ3n) is 4.71. The van der Waals surface area contributed by atoms with Gasteiger partial charge in [-0.15, -0.1) is 0 Å². The van der Waals surface area contributed by atoms with E-state index in [-0.39, 0.29) is 5.91 Å². The van der Waals surface area contributed by atoms with Crippen LogP contribution in [-0.4, -0.2) is 52.5 Å². The highest BCUT2D eigenvalue weighted by molar-refractivity contribution is 6.23. The third-order valence-corrected chi connectivity index (χ3v) is 4.71. The van der Waals surface area contributed by atoms with Crippen LogP contribution in [0, 0.1) is 0 Å². The number of rotatable bonds is 3. The molecule has 0 aromatic heterocycles. The van der Waals surface area contributed by atoms with E-state index in [1.165, 1.54) is 0 Å². The first kappa shape index (κ1) is 16.2. The van der Waals surface area contributed by atoms with Crippen LogP contribution in [0.3, 0.4) is 0 Å². The summed E-state index contributed by atoms with van der Waals surface area (Å²) in [5.74, 6) is -0.577. The lowest BCUT2D eigenvalue weighted by molar-refractivity contribution is -0.130. The van der Waals surface area contributed by atoms with Crippen molar-refractivity contribution in [3.63, 3.8) is 0 Å². The number of aliphatic imine (C=N–C) groups is 1. The van der Waals surface area contributed by atoms with Gasteiger partial charge in [0.15, 0.2) is 0 Å². The van der Waals surface area contributed by atoms with Gasteiger partial charge in [0, 0.05) is 12.1 Å². The smallest absolute Gasteiger partial charge is 0.262 e. The Balaban J connectivity index is 1.61. The van der Waals surface area contributed by atoms with Crippen molar-refractivity contribution in [2.24, 2.45) is 4.99 Å². The van der Waals surface area contributed by atoms with Crippen molar-refractivity contribution in [3.05, 3.63) is 71.3 Å². The molecule has 0 unspecified atom stereocenters. The molecule has 0 saturated heterocycles. The van der Waals surface area contributed by atoms with Crippen molar-refractivity contribution >= 4 is 23.6 Å². The maximum absolute atomic E-state index is 13.1. The van der Waals surface area contributed by atoms with Crippen molar-refractivity contribution in [1.82, 2.24) is 9.80 Å². The van der Waals surface area contributed by atoms with Crippen LogP contribution in [0.25, 0.3) is 0 Å². The summed E-state index contributed by atoms with van der Waals surface area (Å²) in [4.78, 5) is 45.3. The fraction of sp³-hybridized carbons (Fsp3) is 0.200. The Hall–Kier alpha value is -3.28. The second-order valence-corrected chi connectivity index (χ2v) is 6.26. The Kier molecular flexibility index (Phi) is 3.88. The van der Waals surface area contributed by atoms with Crippen molar-refractivity contribution in [2.75, 3.05) is 13.1 Å². The summed E-state index contributed by atoms with van der Waals surface area (Å²) in [5, 5.41) is 0. The van der Waals surface area contributed by atoms with Gasteiger partial charge >= 0.3 is 0 Å². The Morgan fingerprint density at radius 2 is 1.54 bits per heavy atom. The Bertz CT molecular complexity index is 901. The topological polar surface area (TPSA) is 70.1 Å². The van der Waals surface area contributed by atoms with Gasteiger partial charge in [-0.1, -0.05) is 42.5 Å². The molecule has 6 heteroatoms. The van der Waals surface area contributed by atoms with E-state index in [1.54, 1.807) is 36.1 Å². The molecule has 2 aromatic rings. The third kappa shape index (κ3) is 2.42. The lowest BCUT2D eigenvalue weighted by atomic mass is 10.1. The Morgan fingerprint density at radius 1 is 0.962 bits per heavy atom. The second-order valence-electron chi connectivity index (χ2n) is 6.26. The van der Waals surface area contributed by atoms with Gasteiger partial charge < -0.3 is 0 Å². The highest BCUT2D eigenvalue weighted by Crippen LogP contribution is 2.25. The second kappa shape index (κ2) is 6.22. The van der Waals surface area contributed by atoms with Crippen molar-refractivity contribution in [2.45, 2.75) is 13.0 Å². The Labute approximate surface area is 150 Å². The standard InChI is InChI=1S/C20H17N3O3/c1-13(23-19(25)15-9-5-6-10-16(15)20(23)26)18(24)22-12-11-21-17(22)14-7-3-2-4-8-14/h2-10,13H,11-12H2,1H3/t13-/m1/s1. The summed E-state index contributed by atoms with van der Waals surface area (Å²) in [6, 6.07) is 15.2. The van der Waals surface area contributed by atoms with Gasteiger partial charge in [0.25, 0.3) is 17.7 Å². The minimum Gasteiger partial charge on any atom is -0.293 e. The van der Waals surface area contributed by atoms with E-state index >= 15 is 0 Å². The van der Waals surface area contributed by atoms with Crippen LogP contribution in [0.4, 0.5) is 0 Å². The fourth-order valence-corrected chi connectivity index (χ4v) is 3.39. The molecule has 0 N–H and O–H groups in total. The van der Waals surface area contributed by atoms with E-state index in [0.29, 0.717) is 30.1 Å². The molecular formula is C20H17N3O3. The number of imide groups is 1. The molecule has 1 atom stereocenters. The van der Waals surface area contributed by atoms with Gasteiger partial charge in [-0.05, 0) is 19.1 Å². The maximum atomic E-state index is 13.1. The summed E-state index contributed by atoms with van der Waals surface area (Å²) in [7, 11) is 0. The number of benzene rings is 2. The molecule has 6 nitrogen and oxygen atoms in total. The minimum atomic E-state index is -0.894. The summed E-state index contributed by atoms with van der Waals surface area (Å²) in [5.41, 5.74) is 1.53. The zero-order valence-electron chi connectivity index (χ0n) is 14.3. The summed E-state index contributed by atoms with van der Waals surface area (Å²) < 4.78 is 0. The lowest BCUT2D eigenvalue weighted by Gasteiger charge is -2.27. The van der Waals surface area contributed by atoms with Crippen molar-refractivity contribution in [3.8, 4) is 0 Å². The van der Waals surface area contributed by atoms with Crippen LogP contribution >= 0.6 is 0 Å². The molecule has 2 aliphatic heterocycles. The molecule has 2 aliphatic rings. The highest BCUT2D eigenvalue weighted by atomic mass is 16.2. The highest BCUT2D eigenvalue weighted by Gasteiger charge is 2.42. The molecular weight excluding hydrogens is 330 g/mol. The average molecular weight is 347 g/mol. The van der Waals surface area contributed by atoms with Crippen LogP contribution in [0.1, 0.15) is 33.2 Å². The maximum Gasteiger partial charge on any atom is 0.262 e. The zero-order chi connectivity index (χ0) is 18.3.